The van der Waals surface area contributed by atoms with Gasteiger partial charge in [-0.2, -0.15) is 0 Å². The third kappa shape index (κ3) is 4.09. The molecular formula is C19H23N3O. The molecule has 4 heteroatoms. The predicted molar refractivity (Wildman–Crippen MR) is 92.7 cm³/mol. The molecular weight excluding hydrogens is 286 g/mol. The Morgan fingerprint density at radius 1 is 1.13 bits per heavy atom. The fraction of sp³-hybridized carbons (Fsp3) is 0.368. The second-order valence-corrected chi connectivity index (χ2v) is 6.21. The van der Waals surface area contributed by atoms with Crippen molar-refractivity contribution in [1.82, 2.24) is 10.3 Å². The molecule has 1 fully saturated rings. The smallest absolute Gasteiger partial charge is 0.251 e. The van der Waals surface area contributed by atoms with E-state index in [0.29, 0.717) is 5.92 Å². The highest BCUT2D eigenvalue weighted by Gasteiger charge is 2.20. The number of piperidine rings is 1. The molecule has 3 rings (SSSR count). The van der Waals surface area contributed by atoms with Crippen LogP contribution in [-0.4, -0.2) is 30.5 Å². The average molecular weight is 309 g/mol. The maximum absolute atomic E-state index is 12.2. The van der Waals surface area contributed by atoms with Gasteiger partial charge < -0.3 is 10.2 Å². The normalized spacial score (nSPS) is 15.4. The van der Waals surface area contributed by atoms with Gasteiger partial charge in [-0.3, -0.25) is 9.78 Å². The highest BCUT2D eigenvalue weighted by Crippen LogP contribution is 2.22. The summed E-state index contributed by atoms with van der Waals surface area (Å²) in [6.45, 7) is 4.86. The highest BCUT2D eigenvalue weighted by atomic mass is 16.1. The minimum Gasteiger partial charge on any atom is -0.371 e. The van der Waals surface area contributed by atoms with E-state index >= 15 is 0 Å². The molecule has 1 amide bonds. The largest absolute Gasteiger partial charge is 0.371 e. The molecule has 0 saturated carbocycles. The number of pyridine rings is 1. The van der Waals surface area contributed by atoms with E-state index in [4.69, 9.17) is 0 Å². The standard InChI is InChI=1S/C19H23N3O/c1-15-2-4-17(5-3-15)19(23)21-14-16-8-12-22(13-9-16)18-6-10-20-11-7-18/h2-7,10-11,16H,8-9,12-14H2,1H3,(H,21,23). The molecule has 1 aliphatic heterocycles. The highest BCUT2D eigenvalue weighted by molar-refractivity contribution is 5.94. The lowest BCUT2D eigenvalue weighted by Gasteiger charge is -2.33. The summed E-state index contributed by atoms with van der Waals surface area (Å²) in [5, 5.41) is 3.08. The lowest BCUT2D eigenvalue weighted by Crippen LogP contribution is -2.38. The second-order valence-electron chi connectivity index (χ2n) is 6.21. The Bertz CT molecular complexity index is 631. The van der Waals surface area contributed by atoms with Crippen LogP contribution in [0.1, 0.15) is 28.8 Å². The van der Waals surface area contributed by atoms with Crippen molar-refractivity contribution in [3.05, 3.63) is 59.9 Å². The van der Waals surface area contributed by atoms with E-state index in [0.717, 1.165) is 38.0 Å². The van der Waals surface area contributed by atoms with Crippen LogP contribution in [0, 0.1) is 12.8 Å². The number of benzene rings is 1. The fourth-order valence-electron chi connectivity index (χ4n) is 2.99. The zero-order valence-electron chi connectivity index (χ0n) is 13.5. The van der Waals surface area contributed by atoms with E-state index in [1.54, 1.807) is 0 Å². The number of carbonyl (C=O) groups is 1. The Morgan fingerprint density at radius 3 is 2.43 bits per heavy atom. The molecule has 2 heterocycles. The Hall–Kier alpha value is -2.36. The van der Waals surface area contributed by atoms with E-state index in [2.05, 4.69) is 27.3 Å². The second kappa shape index (κ2) is 7.27. The van der Waals surface area contributed by atoms with Gasteiger partial charge in [-0.15, -0.1) is 0 Å². The molecule has 1 aliphatic rings. The van der Waals surface area contributed by atoms with Crippen molar-refractivity contribution in [3.8, 4) is 0 Å². The first-order valence-electron chi connectivity index (χ1n) is 8.22. The number of hydrogen-bond acceptors (Lipinski definition) is 3. The van der Waals surface area contributed by atoms with Gasteiger partial charge in [0.2, 0.25) is 0 Å². The number of carbonyl (C=O) groups excluding carboxylic acids is 1. The van der Waals surface area contributed by atoms with Crippen molar-refractivity contribution in [2.45, 2.75) is 19.8 Å². The zero-order valence-corrected chi connectivity index (χ0v) is 13.5. The number of anilines is 1. The van der Waals surface area contributed by atoms with Crippen LogP contribution in [0.2, 0.25) is 0 Å². The van der Waals surface area contributed by atoms with E-state index < -0.39 is 0 Å². The number of aryl methyl sites for hydroxylation is 1. The van der Waals surface area contributed by atoms with Crippen molar-refractivity contribution < 1.29 is 4.79 Å². The van der Waals surface area contributed by atoms with E-state index in [-0.39, 0.29) is 5.91 Å². The predicted octanol–water partition coefficient (Wildman–Crippen LogP) is 3.04. The van der Waals surface area contributed by atoms with Crippen molar-refractivity contribution in [3.63, 3.8) is 0 Å². The Balaban J connectivity index is 1.46. The number of aromatic nitrogens is 1. The maximum atomic E-state index is 12.2. The van der Waals surface area contributed by atoms with Gasteiger partial charge in [-0.1, -0.05) is 17.7 Å². The summed E-state index contributed by atoms with van der Waals surface area (Å²) in [6, 6.07) is 11.8. The molecule has 4 nitrogen and oxygen atoms in total. The molecule has 1 N–H and O–H groups in total. The van der Waals surface area contributed by atoms with Gasteiger partial charge in [0, 0.05) is 43.3 Å². The summed E-state index contributed by atoms with van der Waals surface area (Å²) < 4.78 is 0. The molecule has 0 aliphatic carbocycles. The average Bonchev–Trinajstić information content (AvgIpc) is 2.61. The molecule has 0 radical (unpaired) electrons. The van der Waals surface area contributed by atoms with Gasteiger partial charge in [-0.25, -0.2) is 0 Å². The Morgan fingerprint density at radius 2 is 1.78 bits per heavy atom. The zero-order chi connectivity index (χ0) is 16.1. The first-order chi connectivity index (χ1) is 11.2. The van der Waals surface area contributed by atoms with E-state index in [1.165, 1.54) is 11.3 Å². The molecule has 1 aromatic heterocycles. The molecule has 2 aromatic rings. The minimum atomic E-state index is 0.0292. The fourth-order valence-corrected chi connectivity index (χ4v) is 2.99. The lowest BCUT2D eigenvalue weighted by atomic mass is 9.96. The van der Waals surface area contributed by atoms with Gasteiger partial charge in [0.25, 0.3) is 5.91 Å². The van der Waals surface area contributed by atoms with Gasteiger partial charge >= 0.3 is 0 Å². The van der Waals surface area contributed by atoms with Crippen molar-refractivity contribution in [2.75, 3.05) is 24.5 Å². The van der Waals surface area contributed by atoms with Crippen LogP contribution in [0.15, 0.2) is 48.8 Å². The van der Waals surface area contributed by atoms with Gasteiger partial charge in [0.1, 0.15) is 0 Å². The SMILES string of the molecule is Cc1ccc(C(=O)NCC2CCN(c3ccncc3)CC2)cc1. The molecule has 0 bridgehead atoms. The summed E-state index contributed by atoms with van der Waals surface area (Å²) >= 11 is 0. The summed E-state index contributed by atoms with van der Waals surface area (Å²) in [6.07, 6.45) is 5.89. The van der Waals surface area contributed by atoms with Crippen molar-refractivity contribution in [2.24, 2.45) is 5.92 Å². The van der Waals surface area contributed by atoms with Crippen LogP contribution >= 0.6 is 0 Å². The molecule has 23 heavy (non-hydrogen) atoms. The Kier molecular flexibility index (Phi) is 4.91. The topological polar surface area (TPSA) is 45.2 Å². The van der Waals surface area contributed by atoms with Crippen LogP contribution < -0.4 is 10.2 Å². The van der Waals surface area contributed by atoms with E-state index in [1.807, 2.05) is 43.6 Å². The van der Waals surface area contributed by atoms with Crippen molar-refractivity contribution in [1.29, 1.82) is 0 Å². The third-order valence-electron chi connectivity index (χ3n) is 4.51. The van der Waals surface area contributed by atoms with Crippen LogP contribution in [-0.2, 0) is 0 Å². The molecule has 1 saturated heterocycles. The number of rotatable bonds is 4. The first-order valence-corrected chi connectivity index (χ1v) is 8.22. The molecule has 0 atom stereocenters. The maximum Gasteiger partial charge on any atom is 0.251 e. The van der Waals surface area contributed by atoms with Crippen LogP contribution in [0.3, 0.4) is 0 Å². The van der Waals surface area contributed by atoms with Crippen LogP contribution in [0.25, 0.3) is 0 Å². The van der Waals surface area contributed by atoms with Gasteiger partial charge in [-0.05, 0) is 49.9 Å². The van der Waals surface area contributed by atoms with E-state index in [9.17, 15) is 4.79 Å². The van der Waals surface area contributed by atoms with Crippen LogP contribution in [0.5, 0.6) is 0 Å². The monoisotopic (exact) mass is 309 g/mol. The lowest BCUT2D eigenvalue weighted by molar-refractivity contribution is 0.0945. The summed E-state index contributed by atoms with van der Waals surface area (Å²) in [7, 11) is 0. The molecule has 0 unspecified atom stereocenters. The minimum absolute atomic E-state index is 0.0292. The molecule has 0 spiro atoms. The summed E-state index contributed by atoms with van der Waals surface area (Å²) in [5.41, 5.74) is 3.15. The first kappa shape index (κ1) is 15.5. The third-order valence-corrected chi connectivity index (χ3v) is 4.51. The number of nitrogens with zero attached hydrogens (tertiary/aromatic N) is 2. The quantitative estimate of drug-likeness (QED) is 0.944. The van der Waals surface area contributed by atoms with Crippen LogP contribution in [0.4, 0.5) is 5.69 Å². The summed E-state index contributed by atoms with van der Waals surface area (Å²) in [4.78, 5) is 18.6. The number of amides is 1. The van der Waals surface area contributed by atoms with Crippen molar-refractivity contribution >= 4 is 11.6 Å². The summed E-state index contributed by atoms with van der Waals surface area (Å²) in [5.74, 6) is 0.587. The molecule has 1 aromatic carbocycles. The number of nitrogens with one attached hydrogen (secondary N) is 1. The van der Waals surface area contributed by atoms with Gasteiger partial charge in [0.15, 0.2) is 0 Å². The number of hydrogen-bond donors (Lipinski definition) is 1. The Labute approximate surface area is 137 Å². The van der Waals surface area contributed by atoms with Gasteiger partial charge in [0.05, 0.1) is 0 Å². The molecule has 120 valence electrons.